The molecule has 0 unspecified atom stereocenters. The maximum Gasteiger partial charge on any atom is 0.407 e. The summed E-state index contributed by atoms with van der Waals surface area (Å²) >= 11 is 0. The lowest BCUT2D eigenvalue weighted by Gasteiger charge is -2.33. The maximum atomic E-state index is 10.9. The zero-order valence-corrected chi connectivity index (χ0v) is 13.2. The van der Waals surface area contributed by atoms with Gasteiger partial charge in [-0.15, -0.1) is 0 Å². The molecular weight excluding hydrogens is 288 g/mol. The standard InChI is InChI=1S/C19H22N2O2/c22-19(23)21-13-11-20(12-14-21)10-9-16-5-4-8-18(15-16)17-6-2-1-3-7-17/h1-8,15H,9-14H2,(H,22,23). The molecule has 0 radical (unpaired) electrons. The van der Waals surface area contributed by atoms with Gasteiger partial charge in [0, 0.05) is 32.7 Å². The Morgan fingerprint density at radius 3 is 2.30 bits per heavy atom. The van der Waals surface area contributed by atoms with Crippen molar-refractivity contribution in [3.63, 3.8) is 0 Å². The molecule has 1 fully saturated rings. The Morgan fingerprint density at radius 2 is 1.61 bits per heavy atom. The molecule has 1 saturated heterocycles. The van der Waals surface area contributed by atoms with Gasteiger partial charge < -0.3 is 10.0 Å². The average Bonchev–Trinajstić information content (AvgIpc) is 2.61. The fourth-order valence-corrected chi connectivity index (χ4v) is 2.99. The van der Waals surface area contributed by atoms with E-state index in [4.69, 9.17) is 5.11 Å². The minimum Gasteiger partial charge on any atom is -0.465 e. The first kappa shape index (κ1) is 15.6. The number of carbonyl (C=O) groups is 1. The third kappa shape index (κ3) is 4.11. The first-order chi connectivity index (χ1) is 11.2. The van der Waals surface area contributed by atoms with Gasteiger partial charge in [0.2, 0.25) is 0 Å². The molecule has 0 atom stereocenters. The number of benzene rings is 2. The second-order valence-electron chi connectivity index (χ2n) is 5.93. The molecule has 1 aliphatic rings. The van der Waals surface area contributed by atoms with Crippen LogP contribution in [0.2, 0.25) is 0 Å². The summed E-state index contributed by atoms with van der Waals surface area (Å²) in [5.41, 5.74) is 3.82. The smallest absolute Gasteiger partial charge is 0.407 e. The van der Waals surface area contributed by atoms with Crippen molar-refractivity contribution in [2.45, 2.75) is 6.42 Å². The topological polar surface area (TPSA) is 43.8 Å². The van der Waals surface area contributed by atoms with Gasteiger partial charge in [0.05, 0.1) is 0 Å². The Bertz CT molecular complexity index is 649. The molecule has 0 bridgehead atoms. The van der Waals surface area contributed by atoms with E-state index in [1.165, 1.54) is 21.6 Å². The van der Waals surface area contributed by atoms with Gasteiger partial charge in [0.15, 0.2) is 0 Å². The number of nitrogens with zero attached hydrogens (tertiary/aromatic N) is 2. The van der Waals surface area contributed by atoms with Gasteiger partial charge in [-0.1, -0.05) is 54.6 Å². The summed E-state index contributed by atoms with van der Waals surface area (Å²) in [5, 5.41) is 8.98. The predicted molar refractivity (Wildman–Crippen MR) is 91.6 cm³/mol. The summed E-state index contributed by atoms with van der Waals surface area (Å²) in [6, 6.07) is 19.1. The number of carboxylic acid groups (broad SMARTS) is 1. The highest BCUT2D eigenvalue weighted by Gasteiger charge is 2.19. The molecule has 0 aliphatic carbocycles. The Balaban J connectivity index is 1.56. The zero-order valence-electron chi connectivity index (χ0n) is 13.2. The molecule has 120 valence electrons. The second-order valence-corrected chi connectivity index (χ2v) is 5.93. The van der Waals surface area contributed by atoms with Crippen molar-refractivity contribution in [2.24, 2.45) is 0 Å². The van der Waals surface area contributed by atoms with Crippen molar-refractivity contribution in [2.75, 3.05) is 32.7 Å². The zero-order chi connectivity index (χ0) is 16.1. The van der Waals surface area contributed by atoms with Crippen LogP contribution in [0.5, 0.6) is 0 Å². The molecule has 0 saturated carbocycles. The summed E-state index contributed by atoms with van der Waals surface area (Å²) in [7, 11) is 0. The monoisotopic (exact) mass is 310 g/mol. The Hall–Kier alpha value is -2.33. The minimum absolute atomic E-state index is 0.611. The van der Waals surface area contributed by atoms with Crippen molar-refractivity contribution < 1.29 is 9.90 Å². The van der Waals surface area contributed by atoms with Crippen LogP contribution in [0.25, 0.3) is 11.1 Å². The van der Waals surface area contributed by atoms with E-state index in [9.17, 15) is 4.79 Å². The second kappa shape index (κ2) is 7.29. The highest BCUT2D eigenvalue weighted by molar-refractivity contribution is 5.65. The predicted octanol–water partition coefficient (Wildman–Crippen LogP) is 3.19. The quantitative estimate of drug-likeness (QED) is 0.943. The molecule has 3 rings (SSSR count). The lowest BCUT2D eigenvalue weighted by atomic mass is 10.0. The summed E-state index contributed by atoms with van der Waals surface area (Å²) in [5.74, 6) is 0. The number of amides is 1. The van der Waals surface area contributed by atoms with Crippen LogP contribution in [0.1, 0.15) is 5.56 Å². The Kier molecular flexibility index (Phi) is 4.93. The first-order valence-electron chi connectivity index (χ1n) is 8.07. The number of piperazine rings is 1. The normalized spacial score (nSPS) is 15.6. The third-order valence-electron chi connectivity index (χ3n) is 4.39. The van der Waals surface area contributed by atoms with E-state index < -0.39 is 6.09 Å². The Labute approximate surface area is 137 Å². The third-order valence-corrected chi connectivity index (χ3v) is 4.39. The van der Waals surface area contributed by atoms with Crippen LogP contribution in [-0.2, 0) is 6.42 Å². The summed E-state index contributed by atoms with van der Waals surface area (Å²) in [6.45, 7) is 3.85. The maximum absolute atomic E-state index is 10.9. The molecule has 23 heavy (non-hydrogen) atoms. The highest BCUT2D eigenvalue weighted by Crippen LogP contribution is 2.20. The molecule has 4 heteroatoms. The molecule has 1 N–H and O–H groups in total. The fraction of sp³-hybridized carbons (Fsp3) is 0.316. The summed E-state index contributed by atoms with van der Waals surface area (Å²) in [4.78, 5) is 14.8. The summed E-state index contributed by atoms with van der Waals surface area (Å²) in [6.07, 6.45) is 0.188. The van der Waals surface area contributed by atoms with Crippen LogP contribution in [0.3, 0.4) is 0 Å². The van der Waals surface area contributed by atoms with Crippen LogP contribution in [-0.4, -0.2) is 53.7 Å². The molecule has 1 aliphatic heterocycles. The van der Waals surface area contributed by atoms with Gasteiger partial charge in [0.25, 0.3) is 0 Å². The van der Waals surface area contributed by atoms with Gasteiger partial charge in [-0.2, -0.15) is 0 Å². The lowest BCUT2D eigenvalue weighted by Crippen LogP contribution is -2.48. The van der Waals surface area contributed by atoms with Crippen molar-refractivity contribution in [1.82, 2.24) is 9.80 Å². The van der Waals surface area contributed by atoms with Gasteiger partial charge in [-0.3, -0.25) is 4.90 Å². The molecule has 1 amide bonds. The largest absolute Gasteiger partial charge is 0.465 e. The fourth-order valence-electron chi connectivity index (χ4n) is 2.99. The molecule has 4 nitrogen and oxygen atoms in total. The van der Waals surface area contributed by atoms with Crippen molar-refractivity contribution >= 4 is 6.09 Å². The van der Waals surface area contributed by atoms with E-state index in [1.807, 2.05) is 6.07 Å². The van der Waals surface area contributed by atoms with Crippen LogP contribution >= 0.6 is 0 Å². The van der Waals surface area contributed by atoms with E-state index in [0.717, 1.165) is 26.1 Å². The SMILES string of the molecule is O=C(O)N1CCN(CCc2cccc(-c3ccccc3)c2)CC1. The van der Waals surface area contributed by atoms with Gasteiger partial charge in [-0.05, 0) is 23.1 Å². The average molecular weight is 310 g/mol. The van der Waals surface area contributed by atoms with Gasteiger partial charge >= 0.3 is 6.09 Å². The van der Waals surface area contributed by atoms with Crippen LogP contribution < -0.4 is 0 Å². The van der Waals surface area contributed by atoms with Gasteiger partial charge in [0.1, 0.15) is 0 Å². The van der Waals surface area contributed by atoms with Gasteiger partial charge in [-0.25, -0.2) is 4.79 Å². The van der Waals surface area contributed by atoms with Crippen molar-refractivity contribution in [1.29, 1.82) is 0 Å². The van der Waals surface area contributed by atoms with E-state index in [1.54, 1.807) is 0 Å². The molecule has 0 spiro atoms. The molecule has 0 aromatic heterocycles. The van der Waals surface area contributed by atoms with E-state index >= 15 is 0 Å². The van der Waals surface area contributed by atoms with Crippen LogP contribution in [0, 0.1) is 0 Å². The van der Waals surface area contributed by atoms with Crippen molar-refractivity contribution in [3.8, 4) is 11.1 Å². The van der Waals surface area contributed by atoms with E-state index in [2.05, 4.69) is 53.4 Å². The Morgan fingerprint density at radius 1 is 0.913 bits per heavy atom. The molecule has 2 aromatic rings. The highest BCUT2D eigenvalue weighted by atomic mass is 16.4. The number of hydrogen-bond donors (Lipinski definition) is 1. The van der Waals surface area contributed by atoms with Crippen LogP contribution in [0.4, 0.5) is 4.79 Å². The number of rotatable bonds is 4. The van der Waals surface area contributed by atoms with E-state index in [0.29, 0.717) is 13.1 Å². The summed E-state index contributed by atoms with van der Waals surface area (Å²) < 4.78 is 0. The first-order valence-corrected chi connectivity index (χ1v) is 8.07. The molecule has 2 aromatic carbocycles. The molecule has 1 heterocycles. The van der Waals surface area contributed by atoms with E-state index in [-0.39, 0.29) is 0 Å². The number of hydrogen-bond acceptors (Lipinski definition) is 2. The van der Waals surface area contributed by atoms with Crippen molar-refractivity contribution in [3.05, 3.63) is 60.2 Å². The lowest BCUT2D eigenvalue weighted by molar-refractivity contribution is 0.106. The minimum atomic E-state index is -0.805. The molecular formula is C19H22N2O2. The van der Waals surface area contributed by atoms with Crippen LogP contribution in [0.15, 0.2) is 54.6 Å².